The SMILES string of the molecule is CCOC(=O)C(C(C)CC)N(Cc1cccc(Cl)c1)S(=O)(=O)c1ccc([N+](=O)[O-])cc1. The summed E-state index contributed by atoms with van der Waals surface area (Å²) in [5.41, 5.74) is 0.361. The van der Waals surface area contributed by atoms with Crippen molar-refractivity contribution in [3.63, 3.8) is 0 Å². The van der Waals surface area contributed by atoms with Crippen LogP contribution in [0.2, 0.25) is 5.02 Å². The lowest BCUT2D eigenvalue weighted by Gasteiger charge is -2.33. The Morgan fingerprint density at radius 2 is 1.84 bits per heavy atom. The highest BCUT2D eigenvalue weighted by molar-refractivity contribution is 7.89. The van der Waals surface area contributed by atoms with E-state index in [1.807, 2.05) is 6.92 Å². The number of halogens is 1. The van der Waals surface area contributed by atoms with Crippen molar-refractivity contribution in [2.75, 3.05) is 6.61 Å². The van der Waals surface area contributed by atoms with Crippen LogP contribution in [-0.2, 0) is 26.1 Å². The molecule has 8 nitrogen and oxygen atoms in total. The van der Waals surface area contributed by atoms with E-state index < -0.39 is 27.0 Å². The number of carbonyl (C=O) groups excluding carboxylic acids is 1. The number of rotatable bonds is 10. The van der Waals surface area contributed by atoms with E-state index in [0.29, 0.717) is 17.0 Å². The summed E-state index contributed by atoms with van der Waals surface area (Å²) in [6, 6.07) is 10.2. The molecule has 2 aromatic rings. The fourth-order valence-electron chi connectivity index (χ4n) is 3.11. The number of nitro groups is 1. The zero-order valence-electron chi connectivity index (χ0n) is 17.5. The molecular formula is C21H25ClN2O6S. The van der Waals surface area contributed by atoms with E-state index in [2.05, 4.69) is 0 Å². The first-order chi connectivity index (χ1) is 14.6. The molecule has 0 aliphatic heterocycles. The van der Waals surface area contributed by atoms with Crippen molar-refractivity contribution in [3.05, 3.63) is 69.2 Å². The van der Waals surface area contributed by atoms with Crippen LogP contribution in [0.1, 0.15) is 32.8 Å². The Morgan fingerprint density at radius 1 is 1.19 bits per heavy atom. The van der Waals surface area contributed by atoms with Crippen LogP contribution in [-0.4, -0.2) is 36.3 Å². The van der Waals surface area contributed by atoms with Crippen molar-refractivity contribution in [2.24, 2.45) is 5.92 Å². The summed E-state index contributed by atoms with van der Waals surface area (Å²) in [4.78, 5) is 23.0. The van der Waals surface area contributed by atoms with Crippen LogP contribution in [0, 0.1) is 16.0 Å². The van der Waals surface area contributed by atoms with Gasteiger partial charge in [-0.1, -0.05) is 44.0 Å². The van der Waals surface area contributed by atoms with Crippen LogP contribution in [0.25, 0.3) is 0 Å². The molecule has 168 valence electrons. The topological polar surface area (TPSA) is 107 Å². The van der Waals surface area contributed by atoms with Gasteiger partial charge in [-0.15, -0.1) is 0 Å². The van der Waals surface area contributed by atoms with E-state index in [9.17, 15) is 23.3 Å². The third kappa shape index (κ3) is 6.03. The number of sulfonamides is 1. The number of hydrogen-bond donors (Lipinski definition) is 0. The fourth-order valence-corrected chi connectivity index (χ4v) is 4.98. The van der Waals surface area contributed by atoms with Crippen molar-refractivity contribution in [3.8, 4) is 0 Å². The third-order valence-electron chi connectivity index (χ3n) is 4.90. The van der Waals surface area contributed by atoms with Crippen LogP contribution in [0.3, 0.4) is 0 Å². The van der Waals surface area contributed by atoms with Crippen molar-refractivity contribution in [1.82, 2.24) is 4.31 Å². The second-order valence-electron chi connectivity index (χ2n) is 7.01. The Bertz CT molecular complexity index is 1030. The van der Waals surface area contributed by atoms with Gasteiger partial charge in [0.25, 0.3) is 5.69 Å². The molecule has 2 atom stereocenters. The van der Waals surface area contributed by atoms with Crippen molar-refractivity contribution in [1.29, 1.82) is 0 Å². The molecule has 2 aromatic carbocycles. The smallest absolute Gasteiger partial charge is 0.324 e. The van der Waals surface area contributed by atoms with Gasteiger partial charge in [0, 0.05) is 23.7 Å². The first-order valence-corrected chi connectivity index (χ1v) is 11.6. The number of benzene rings is 2. The van der Waals surface area contributed by atoms with E-state index in [4.69, 9.17) is 16.3 Å². The van der Waals surface area contributed by atoms with Gasteiger partial charge in [-0.25, -0.2) is 8.42 Å². The normalized spacial score (nSPS) is 13.6. The zero-order valence-corrected chi connectivity index (χ0v) is 19.1. The summed E-state index contributed by atoms with van der Waals surface area (Å²) in [6.07, 6.45) is 0.533. The highest BCUT2D eigenvalue weighted by Gasteiger charge is 2.40. The lowest BCUT2D eigenvalue weighted by atomic mass is 9.99. The van der Waals surface area contributed by atoms with Crippen LogP contribution in [0.4, 0.5) is 5.69 Å². The van der Waals surface area contributed by atoms with Crippen LogP contribution in [0.5, 0.6) is 0 Å². The number of nitrogens with zero attached hydrogens (tertiary/aromatic N) is 2. The summed E-state index contributed by atoms with van der Waals surface area (Å²) in [5, 5.41) is 11.4. The van der Waals surface area contributed by atoms with E-state index in [0.717, 1.165) is 28.6 Å². The molecule has 0 fully saturated rings. The Balaban J connectivity index is 2.60. The maximum atomic E-state index is 13.6. The minimum Gasteiger partial charge on any atom is -0.465 e. The number of carbonyl (C=O) groups is 1. The molecule has 0 aliphatic rings. The summed E-state index contributed by atoms with van der Waals surface area (Å²) < 4.78 is 33.5. The molecule has 0 radical (unpaired) electrons. The van der Waals surface area contributed by atoms with Gasteiger partial charge in [-0.05, 0) is 42.7 Å². The molecule has 10 heteroatoms. The van der Waals surface area contributed by atoms with E-state index in [-0.39, 0.29) is 29.7 Å². The number of esters is 1. The number of hydrogen-bond acceptors (Lipinski definition) is 6. The number of nitro benzene ring substituents is 1. The van der Waals surface area contributed by atoms with Crippen molar-refractivity contribution in [2.45, 2.75) is 44.7 Å². The summed E-state index contributed by atoms with van der Waals surface area (Å²) in [5.74, 6) is -0.990. The van der Waals surface area contributed by atoms with Gasteiger partial charge in [0.2, 0.25) is 10.0 Å². The molecule has 31 heavy (non-hydrogen) atoms. The monoisotopic (exact) mass is 468 g/mol. The minimum atomic E-state index is -4.21. The quantitative estimate of drug-likeness (QED) is 0.290. The maximum absolute atomic E-state index is 13.6. The Labute approximate surface area is 187 Å². The second-order valence-corrected chi connectivity index (χ2v) is 9.34. The van der Waals surface area contributed by atoms with Gasteiger partial charge >= 0.3 is 5.97 Å². The van der Waals surface area contributed by atoms with Gasteiger partial charge < -0.3 is 4.74 Å². The molecule has 2 unspecified atom stereocenters. The van der Waals surface area contributed by atoms with Gasteiger partial charge in [-0.3, -0.25) is 14.9 Å². The highest BCUT2D eigenvalue weighted by Crippen LogP contribution is 2.28. The zero-order chi connectivity index (χ0) is 23.2. The predicted molar refractivity (Wildman–Crippen MR) is 117 cm³/mol. The Kier molecular flexibility index (Phi) is 8.55. The maximum Gasteiger partial charge on any atom is 0.324 e. The third-order valence-corrected chi connectivity index (χ3v) is 6.98. The van der Waals surface area contributed by atoms with E-state index in [1.54, 1.807) is 38.1 Å². The van der Waals surface area contributed by atoms with Crippen molar-refractivity contribution < 1.29 is 22.9 Å². The first-order valence-electron chi connectivity index (χ1n) is 9.79. The molecule has 0 heterocycles. The average molecular weight is 469 g/mol. The fraction of sp³-hybridized carbons (Fsp3) is 0.381. The average Bonchev–Trinajstić information content (AvgIpc) is 2.73. The highest BCUT2D eigenvalue weighted by atomic mass is 35.5. The minimum absolute atomic E-state index is 0.106. The molecule has 0 amide bonds. The predicted octanol–water partition coefficient (Wildman–Crippen LogP) is 4.42. The largest absolute Gasteiger partial charge is 0.465 e. The molecule has 0 saturated carbocycles. The molecule has 2 rings (SSSR count). The summed E-state index contributed by atoms with van der Waals surface area (Å²) in [7, 11) is -4.21. The number of non-ortho nitro benzene ring substituents is 1. The van der Waals surface area contributed by atoms with Gasteiger partial charge in [0.15, 0.2) is 0 Å². The summed E-state index contributed by atoms with van der Waals surface area (Å²) >= 11 is 6.06. The van der Waals surface area contributed by atoms with E-state index in [1.165, 1.54) is 0 Å². The molecule has 0 spiro atoms. The number of ether oxygens (including phenoxy) is 1. The lowest BCUT2D eigenvalue weighted by molar-refractivity contribution is -0.384. The van der Waals surface area contributed by atoms with Gasteiger partial charge in [0.1, 0.15) is 6.04 Å². The van der Waals surface area contributed by atoms with Crippen molar-refractivity contribution >= 4 is 33.3 Å². The second kappa shape index (κ2) is 10.7. The molecule has 0 N–H and O–H groups in total. The molecular weight excluding hydrogens is 444 g/mol. The van der Waals surface area contributed by atoms with E-state index >= 15 is 0 Å². The van der Waals surface area contributed by atoms with Gasteiger partial charge in [0.05, 0.1) is 16.4 Å². The Hall–Kier alpha value is -2.49. The van der Waals surface area contributed by atoms with Gasteiger partial charge in [-0.2, -0.15) is 4.31 Å². The lowest BCUT2D eigenvalue weighted by Crippen LogP contribution is -2.48. The van der Waals surface area contributed by atoms with Crippen LogP contribution >= 0.6 is 11.6 Å². The molecule has 0 aromatic heterocycles. The molecule has 0 bridgehead atoms. The first kappa shape index (κ1) is 24.8. The van der Waals surface area contributed by atoms with Crippen LogP contribution < -0.4 is 0 Å². The standard InChI is InChI=1S/C21H25ClN2O6S/c1-4-15(3)20(21(25)30-5-2)23(14-16-7-6-8-17(22)13-16)31(28,29)19-11-9-18(10-12-19)24(26)27/h6-13,15,20H,4-5,14H2,1-3H3. The summed E-state index contributed by atoms with van der Waals surface area (Å²) in [6.45, 7) is 5.27. The molecule has 0 saturated heterocycles. The van der Waals surface area contributed by atoms with Crippen LogP contribution in [0.15, 0.2) is 53.4 Å². The Morgan fingerprint density at radius 3 is 2.35 bits per heavy atom. The molecule has 0 aliphatic carbocycles.